The van der Waals surface area contributed by atoms with Crippen LogP contribution in [0.3, 0.4) is 0 Å². The second-order valence-corrected chi connectivity index (χ2v) is 3.79. The molecule has 0 unspecified atom stereocenters. The Kier molecular flexibility index (Phi) is 4.11. The van der Waals surface area contributed by atoms with Crippen LogP contribution in [0.1, 0.15) is 36.9 Å². The molecule has 0 aliphatic carbocycles. The number of hydrogen-bond donors (Lipinski definition) is 2. The Hall–Kier alpha value is -0.860. The molecule has 3 N–H and O–H groups in total. The second-order valence-electron chi connectivity index (χ2n) is 3.79. The normalized spacial score (nSPS) is 15.1. The average Bonchev–Trinajstić information content (AvgIpc) is 2.18. The zero-order valence-corrected chi connectivity index (χ0v) is 8.90. The minimum absolute atomic E-state index is 0.254. The van der Waals surface area contributed by atoms with Gasteiger partial charge in [0.15, 0.2) is 0 Å². The largest absolute Gasteiger partial charge is 0.391 e. The summed E-state index contributed by atoms with van der Waals surface area (Å²) in [5.74, 6) is 0. The molecule has 0 bridgehead atoms. The van der Waals surface area contributed by atoms with E-state index >= 15 is 0 Å². The van der Waals surface area contributed by atoms with Gasteiger partial charge in [0.1, 0.15) is 0 Å². The first-order chi connectivity index (χ1) is 6.65. The first-order valence-corrected chi connectivity index (χ1v) is 5.15. The van der Waals surface area contributed by atoms with E-state index in [1.165, 1.54) is 5.56 Å². The van der Waals surface area contributed by atoms with Gasteiger partial charge >= 0.3 is 0 Å². The Balaban J connectivity index is 2.68. The predicted molar refractivity (Wildman–Crippen MR) is 59.0 cm³/mol. The van der Waals surface area contributed by atoms with E-state index in [1.54, 1.807) is 0 Å². The molecule has 0 saturated heterocycles. The molecular formula is C12H19NO. The van der Waals surface area contributed by atoms with E-state index in [-0.39, 0.29) is 6.04 Å². The van der Waals surface area contributed by atoms with Gasteiger partial charge in [-0.15, -0.1) is 0 Å². The Morgan fingerprint density at radius 3 is 2.36 bits per heavy atom. The fourth-order valence-corrected chi connectivity index (χ4v) is 1.49. The monoisotopic (exact) mass is 193 g/mol. The lowest BCUT2D eigenvalue weighted by molar-refractivity contribution is 0.134. The number of aliphatic hydroxyl groups excluding tert-OH is 1. The van der Waals surface area contributed by atoms with Crippen LogP contribution in [0.5, 0.6) is 0 Å². The summed E-state index contributed by atoms with van der Waals surface area (Å²) in [5, 5.41) is 9.72. The van der Waals surface area contributed by atoms with Crippen molar-refractivity contribution in [2.45, 2.75) is 38.8 Å². The summed E-state index contributed by atoms with van der Waals surface area (Å²) in [7, 11) is 0. The van der Waals surface area contributed by atoms with E-state index in [4.69, 9.17) is 5.73 Å². The van der Waals surface area contributed by atoms with Crippen LogP contribution in [0, 0.1) is 6.92 Å². The molecule has 14 heavy (non-hydrogen) atoms. The van der Waals surface area contributed by atoms with Gasteiger partial charge in [-0.25, -0.2) is 0 Å². The highest BCUT2D eigenvalue weighted by molar-refractivity contribution is 5.24. The average molecular weight is 193 g/mol. The standard InChI is InChI=1S/C12H19NO/c1-3-4-11(14)12(13)10-7-5-9(2)6-8-10/h5-8,11-12,14H,3-4,13H2,1-2H3/t11-,12+/m0/s1. The van der Waals surface area contributed by atoms with E-state index in [1.807, 2.05) is 38.1 Å². The van der Waals surface area contributed by atoms with Crippen molar-refractivity contribution in [3.05, 3.63) is 35.4 Å². The van der Waals surface area contributed by atoms with E-state index in [9.17, 15) is 5.11 Å². The first kappa shape index (κ1) is 11.2. The topological polar surface area (TPSA) is 46.2 Å². The maximum atomic E-state index is 9.72. The van der Waals surface area contributed by atoms with E-state index in [0.29, 0.717) is 0 Å². The lowest BCUT2D eigenvalue weighted by Gasteiger charge is -2.18. The smallest absolute Gasteiger partial charge is 0.0732 e. The Morgan fingerprint density at radius 1 is 1.29 bits per heavy atom. The second kappa shape index (κ2) is 5.13. The van der Waals surface area contributed by atoms with Crippen molar-refractivity contribution in [3.63, 3.8) is 0 Å². The van der Waals surface area contributed by atoms with Gasteiger partial charge in [0.2, 0.25) is 0 Å². The van der Waals surface area contributed by atoms with Crippen LogP contribution in [0.15, 0.2) is 24.3 Å². The molecule has 78 valence electrons. The minimum Gasteiger partial charge on any atom is -0.391 e. The molecule has 0 spiro atoms. The molecule has 0 heterocycles. The number of hydrogen-bond acceptors (Lipinski definition) is 2. The fourth-order valence-electron chi connectivity index (χ4n) is 1.49. The molecule has 0 radical (unpaired) electrons. The molecule has 2 atom stereocenters. The van der Waals surface area contributed by atoms with Gasteiger partial charge in [0.05, 0.1) is 12.1 Å². The molecule has 0 fully saturated rings. The Morgan fingerprint density at radius 2 is 1.86 bits per heavy atom. The van der Waals surface area contributed by atoms with E-state index < -0.39 is 6.10 Å². The summed E-state index contributed by atoms with van der Waals surface area (Å²) in [5.41, 5.74) is 8.15. The van der Waals surface area contributed by atoms with Gasteiger partial charge in [-0.3, -0.25) is 0 Å². The highest BCUT2D eigenvalue weighted by Crippen LogP contribution is 2.17. The quantitative estimate of drug-likeness (QED) is 0.769. The molecule has 0 aliphatic heterocycles. The third kappa shape index (κ3) is 2.82. The summed E-state index contributed by atoms with van der Waals surface area (Å²) in [6, 6.07) is 7.76. The molecule has 1 aromatic rings. The molecule has 1 aromatic carbocycles. The molecule has 0 saturated carbocycles. The molecule has 0 aromatic heterocycles. The van der Waals surface area contributed by atoms with Crippen LogP contribution in [0.4, 0.5) is 0 Å². The van der Waals surface area contributed by atoms with Crippen LogP contribution < -0.4 is 5.73 Å². The maximum Gasteiger partial charge on any atom is 0.0732 e. The first-order valence-electron chi connectivity index (χ1n) is 5.15. The molecule has 0 aliphatic rings. The highest BCUT2D eigenvalue weighted by Gasteiger charge is 2.15. The van der Waals surface area contributed by atoms with E-state index in [0.717, 1.165) is 18.4 Å². The summed E-state index contributed by atoms with van der Waals surface area (Å²) in [6.45, 7) is 4.09. The van der Waals surface area contributed by atoms with Crippen LogP contribution in [0.2, 0.25) is 0 Å². The minimum atomic E-state index is -0.428. The SMILES string of the molecule is CCC[C@H](O)[C@H](N)c1ccc(C)cc1. The maximum absolute atomic E-state index is 9.72. The highest BCUT2D eigenvalue weighted by atomic mass is 16.3. The van der Waals surface area contributed by atoms with Gasteiger partial charge in [-0.2, -0.15) is 0 Å². The van der Waals surface area contributed by atoms with Crippen molar-refractivity contribution in [1.82, 2.24) is 0 Å². The third-order valence-corrected chi connectivity index (χ3v) is 2.46. The Bertz CT molecular complexity index is 268. The van der Waals surface area contributed by atoms with Gasteiger partial charge in [0.25, 0.3) is 0 Å². The number of rotatable bonds is 4. The summed E-state index contributed by atoms with van der Waals surface area (Å²) >= 11 is 0. The summed E-state index contributed by atoms with van der Waals surface area (Å²) in [6.07, 6.45) is 1.29. The number of aryl methyl sites for hydroxylation is 1. The van der Waals surface area contributed by atoms with Crippen molar-refractivity contribution in [2.24, 2.45) is 5.73 Å². The van der Waals surface area contributed by atoms with Gasteiger partial charge < -0.3 is 10.8 Å². The lowest BCUT2D eigenvalue weighted by Crippen LogP contribution is -2.25. The van der Waals surface area contributed by atoms with Crippen molar-refractivity contribution in [3.8, 4) is 0 Å². The number of aliphatic hydroxyl groups is 1. The predicted octanol–water partition coefficient (Wildman–Crippen LogP) is 2.16. The molecule has 0 amide bonds. The fraction of sp³-hybridized carbons (Fsp3) is 0.500. The zero-order chi connectivity index (χ0) is 10.6. The van der Waals surface area contributed by atoms with Crippen LogP contribution in [-0.2, 0) is 0 Å². The lowest BCUT2D eigenvalue weighted by atomic mass is 9.98. The van der Waals surface area contributed by atoms with Crippen LogP contribution in [0.25, 0.3) is 0 Å². The molecule has 2 nitrogen and oxygen atoms in total. The number of benzene rings is 1. The molecule has 1 rings (SSSR count). The summed E-state index contributed by atoms with van der Waals surface area (Å²) < 4.78 is 0. The molecular weight excluding hydrogens is 174 g/mol. The van der Waals surface area contributed by atoms with Crippen LogP contribution >= 0.6 is 0 Å². The van der Waals surface area contributed by atoms with Gasteiger partial charge in [-0.1, -0.05) is 43.2 Å². The van der Waals surface area contributed by atoms with Gasteiger partial charge in [0, 0.05) is 0 Å². The summed E-state index contributed by atoms with van der Waals surface area (Å²) in [4.78, 5) is 0. The number of nitrogens with two attached hydrogens (primary N) is 1. The zero-order valence-electron chi connectivity index (χ0n) is 8.90. The Labute approximate surface area is 85.8 Å². The van der Waals surface area contributed by atoms with Gasteiger partial charge in [-0.05, 0) is 18.9 Å². The van der Waals surface area contributed by atoms with E-state index in [2.05, 4.69) is 0 Å². The van der Waals surface area contributed by atoms with Crippen molar-refractivity contribution in [2.75, 3.05) is 0 Å². The third-order valence-electron chi connectivity index (χ3n) is 2.46. The van der Waals surface area contributed by atoms with Crippen LogP contribution in [-0.4, -0.2) is 11.2 Å². The molecule has 2 heteroatoms. The van der Waals surface area contributed by atoms with Crippen molar-refractivity contribution >= 4 is 0 Å². The van der Waals surface area contributed by atoms with Crippen molar-refractivity contribution in [1.29, 1.82) is 0 Å². The van der Waals surface area contributed by atoms with Crippen molar-refractivity contribution < 1.29 is 5.11 Å².